The van der Waals surface area contributed by atoms with E-state index in [2.05, 4.69) is 81.3 Å². The zero-order valence-corrected chi connectivity index (χ0v) is 21.7. The van der Waals surface area contributed by atoms with Crippen molar-refractivity contribution in [2.24, 2.45) is 0 Å². The molecule has 0 aliphatic carbocycles. The van der Waals surface area contributed by atoms with Gasteiger partial charge in [-0.3, -0.25) is 5.10 Å². The highest BCUT2D eigenvalue weighted by Gasteiger charge is 2.27. The molecule has 0 radical (unpaired) electrons. The van der Waals surface area contributed by atoms with E-state index in [0.29, 0.717) is 6.04 Å². The number of ether oxygens (including phenoxy) is 1. The molecule has 3 aromatic carbocycles. The molecule has 0 amide bonds. The normalized spacial score (nSPS) is 18.4. The summed E-state index contributed by atoms with van der Waals surface area (Å²) in [6.07, 6.45) is 0.189. The van der Waals surface area contributed by atoms with Crippen molar-refractivity contribution in [1.82, 2.24) is 35.0 Å². The molecule has 38 heavy (non-hydrogen) atoms. The minimum absolute atomic E-state index is 0.189. The summed E-state index contributed by atoms with van der Waals surface area (Å²) < 4.78 is 6.07. The van der Waals surface area contributed by atoms with Gasteiger partial charge in [0.2, 0.25) is 0 Å². The Morgan fingerprint density at radius 3 is 2.58 bits per heavy atom. The highest BCUT2D eigenvalue weighted by atomic mass is 16.5. The summed E-state index contributed by atoms with van der Waals surface area (Å²) in [7, 11) is 4.17. The van der Waals surface area contributed by atoms with Gasteiger partial charge in [-0.2, -0.15) is 5.10 Å². The Morgan fingerprint density at radius 1 is 0.921 bits per heavy atom. The van der Waals surface area contributed by atoms with Crippen molar-refractivity contribution in [2.75, 3.05) is 38.7 Å². The Morgan fingerprint density at radius 2 is 1.71 bits per heavy atom. The molecule has 9 heteroatoms. The molecule has 7 rings (SSSR count). The molecular weight excluding hydrogens is 476 g/mol. The van der Waals surface area contributed by atoms with E-state index >= 15 is 0 Å². The Bertz CT molecular complexity index is 1730. The topological polar surface area (TPSA) is 102 Å². The number of nitrogens with zero attached hydrogens (tertiary/aromatic N) is 5. The third-order valence-electron chi connectivity index (χ3n) is 7.32. The van der Waals surface area contributed by atoms with Crippen LogP contribution in [0.2, 0.25) is 0 Å². The van der Waals surface area contributed by atoms with Gasteiger partial charge in [-0.15, -0.1) is 0 Å². The molecule has 1 fully saturated rings. The second-order valence-corrected chi connectivity index (χ2v) is 10.4. The summed E-state index contributed by atoms with van der Waals surface area (Å²) in [5, 5.41) is 8.70. The predicted octanol–water partition coefficient (Wildman–Crippen LogP) is 4.80. The maximum absolute atomic E-state index is 6.07. The first-order valence-corrected chi connectivity index (χ1v) is 13.0. The molecule has 6 aromatic rings. The summed E-state index contributed by atoms with van der Waals surface area (Å²) in [5.74, 6) is 1.58. The molecule has 1 aliphatic rings. The number of fused-ring (bicyclic) bond motifs is 3. The van der Waals surface area contributed by atoms with Crippen LogP contribution >= 0.6 is 0 Å². The number of H-pyrrole nitrogens is 3. The van der Waals surface area contributed by atoms with Crippen molar-refractivity contribution < 1.29 is 4.74 Å². The number of nitrogens with one attached hydrogen (secondary N) is 3. The summed E-state index contributed by atoms with van der Waals surface area (Å²) in [6.45, 7) is 4.71. The number of anilines is 1. The molecule has 2 atom stereocenters. The van der Waals surface area contributed by atoms with E-state index in [0.717, 1.165) is 75.6 Å². The third-order valence-corrected chi connectivity index (χ3v) is 7.32. The summed E-state index contributed by atoms with van der Waals surface area (Å²) in [6, 6.07) is 21.0. The summed E-state index contributed by atoms with van der Waals surface area (Å²) >= 11 is 0. The van der Waals surface area contributed by atoms with Gasteiger partial charge in [-0.05, 0) is 69.6 Å². The van der Waals surface area contributed by atoms with Gasteiger partial charge in [0.15, 0.2) is 5.82 Å². The first kappa shape index (κ1) is 22.9. The van der Waals surface area contributed by atoms with Crippen molar-refractivity contribution >= 4 is 38.7 Å². The van der Waals surface area contributed by atoms with Crippen molar-refractivity contribution in [3.05, 3.63) is 60.7 Å². The summed E-state index contributed by atoms with van der Waals surface area (Å²) in [4.78, 5) is 21.2. The summed E-state index contributed by atoms with van der Waals surface area (Å²) in [5.41, 5.74) is 7.80. The highest BCUT2D eigenvalue weighted by molar-refractivity contribution is 5.96. The fourth-order valence-electron chi connectivity index (χ4n) is 5.41. The molecule has 0 saturated carbocycles. The van der Waals surface area contributed by atoms with E-state index in [9.17, 15) is 0 Å². The van der Waals surface area contributed by atoms with Crippen LogP contribution in [0.5, 0.6) is 0 Å². The standard InChI is InChI=1S/C29H30N8O/c1-17-16-38-20(14-36(2)3)15-37(17)19-9-11-25-26(13-19)33-28(30-25)18-8-10-22-21(12-18)27(35-34-22)29-31-23-6-4-5-7-24(23)32-29/h4-13,17,20H,14-16H2,1-3H3,(H,30,33)(H,31,32)(H,34,35). The van der Waals surface area contributed by atoms with Gasteiger partial charge < -0.3 is 24.5 Å². The largest absolute Gasteiger partial charge is 0.373 e. The van der Waals surface area contributed by atoms with Crippen LogP contribution in [0.4, 0.5) is 5.69 Å². The zero-order chi connectivity index (χ0) is 25.8. The lowest BCUT2D eigenvalue weighted by Crippen LogP contribution is -2.51. The Balaban J connectivity index is 1.22. The number of imidazole rings is 2. The zero-order valence-electron chi connectivity index (χ0n) is 21.7. The molecule has 0 bridgehead atoms. The van der Waals surface area contributed by atoms with Crippen molar-refractivity contribution in [2.45, 2.75) is 19.1 Å². The van der Waals surface area contributed by atoms with Crippen LogP contribution < -0.4 is 4.90 Å². The van der Waals surface area contributed by atoms with Gasteiger partial charge in [0.05, 0.1) is 40.3 Å². The van der Waals surface area contributed by atoms with E-state index in [4.69, 9.17) is 14.7 Å². The van der Waals surface area contributed by atoms with Gasteiger partial charge in [0.1, 0.15) is 11.5 Å². The number of aromatic nitrogens is 6. The third kappa shape index (κ3) is 4.00. The number of hydrogen-bond donors (Lipinski definition) is 3. The number of likely N-dealkylation sites (N-methyl/N-ethyl adjacent to an activating group) is 1. The fourth-order valence-corrected chi connectivity index (χ4v) is 5.41. The quantitative estimate of drug-likeness (QED) is 0.310. The van der Waals surface area contributed by atoms with E-state index in [-0.39, 0.29) is 6.10 Å². The number of aromatic amines is 3. The highest BCUT2D eigenvalue weighted by Crippen LogP contribution is 2.31. The van der Waals surface area contributed by atoms with Gasteiger partial charge in [-0.25, -0.2) is 9.97 Å². The molecule has 1 aliphatic heterocycles. The number of rotatable bonds is 5. The first-order valence-electron chi connectivity index (χ1n) is 13.0. The van der Waals surface area contributed by atoms with E-state index in [1.165, 1.54) is 5.69 Å². The van der Waals surface area contributed by atoms with E-state index < -0.39 is 0 Å². The van der Waals surface area contributed by atoms with Crippen LogP contribution in [-0.4, -0.2) is 81.0 Å². The van der Waals surface area contributed by atoms with Crippen LogP contribution in [0.3, 0.4) is 0 Å². The van der Waals surface area contributed by atoms with Crippen LogP contribution in [0.25, 0.3) is 55.9 Å². The second kappa shape index (κ2) is 8.97. The Labute approximate surface area is 219 Å². The molecule has 192 valence electrons. The number of morpholine rings is 1. The fraction of sp³-hybridized carbons (Fsp3) is 0.276. The number of benzene rings is 3. The maximum Gasteiger partial charge on any atom is 0.159 e. The van der Waals surface area contributed by atoms with Crippen molar-refractivity contribution in [1.29, 1.82) is 0 Å². The van der Waals surface area contributed by atoms with Crippen LogP contribution in [0.15, 0.2) is 60.7 Å². The first-order chi connectivity index (χ1) is 18.5. The van der Waals surface area contributed by atoms with E-state index in [1.54, 1.807) is 0 Å². The Kier molecular flexibility index (Phi) is 5.41. The van der Waals surface area contributed by atoms with Crippen molar-refractivity contribution in [3.8, 4) is 22.9 Å². The molecule has 9 nitrogen and oxygen atoms in total. The Hall–Kier alpha value is -4.21. The van der Waals surface area contributed by atoms with E-state index in [1.807, 2.05) is 30.3 Å². The molecule has 3 N–H and O–H groups in total. The lowest BCUT2D eigenvalue weighted by Gasteiger charge is -2.40. The molecule has 1 saturated heterocycles. The predicted molar refractivity (Wildman–Crippen MR) is 151 cm³/mol. The van der Waals surface area contributed by atoms with Gasteiger partial charge >= 0.3 is 0 Å². The molecule has 3 aromatic heterocycles. The number of para-hydroxylation sites is 2. The molecule has 4 heterocycles. The smallest absolute Gasteiger partial charge is 0.159 e. The molecule has 0 spiro atoms. The lowest BCUT2D eigenvalue weighted by atomic mass is 10.1. The average Bonchev–Trinajstić information content (AvgIpc) is 3.64. The van der Waals surface area contributed by atoms with Crippen LogP contribution in [-0.2, 0) is 4.74 Å². The number of hydrogen-bond acceptors (Lipinski definition) is 6. The van der Waals surface area contributed by atoms with Crippen LogP contribution in [0.1, 0.15) is 6.92 Å². The second-order valence-electron chi connectivity index (χ2n) is 10.4. The van der Waals surface area contributed by atoms with Gasteiger partial charge in [-0.1, -0.05) is 12.1 Å². The maximum atomic E-state index is 6.07. The minimum atomic E-state index is 0.189. The molecule has 2 unspecified atom stereocenters. The monoisotopic (exact) mass is 506 g/mol. The SMILES string of the molecule is CC1COC(CN(C)C)CN1c1ccc2[nH]c(-c3ccc4[nH]nc(-c5nc6ccccc6[nH]5)c4c3)nc2c1. The molecular formula is C29H30N8O. The van der Waals surface area contributed by atoms with Gasteiger partial charge in [0, 0.05) is 35.8 Å². The van der Waals surface area contributed by atoms with Gasteiger partial charge in [0.25, 0.3) is 0 Å². The van der Waals surface area contributed by atoms with Crippen molar-refractivity contribution in [3.63, 3.8) is 0 Å². The average molecular weight is 507 g/mol. The van der Waals surface area contributed by atoms with Crippen LogP contribution in [0, 0.1) is 0 Å². The minimum Gasteiger partial charge on any atom is -0.373 e. The lowest BCUT2D eigenvalue weighted by molar-refractivity contribution is 0.00880.